The number of likely N-dealkylation sites (N-methyl/N-ethyl adjacent to an activating group) is 1. The number of piperazine rings is 1. The van der Waals surface area contributed by atoms with E-state index in [-0.39, 0.29) is 5.60 Å². The van der Waals surface area contributed by atoms with Gasteiger partial charge in [0.05, 0.1) is 5.60 Å². The molecule has 1 atom stereocenters. The Kier molecular flexibility index (Phi) is 4.37. The zero-order valence-electron chi connectivity index (χ0n) is 14.5. The Labute approximate surface area is 139 Å². The number of hydrogen-bond donors (Lipinski definition) is 0. The van der Waals surface area contributed by atoms with Crippen molar-refractivity contribution in [2.45, 2.75) is 50.2 Å². The van der Waals surface area contributed by atoms with Crippen molar-refractivity contribution in [3.05, 3.63) is 0 Å². The van der Waals surface area contributed by atoms with Gasteiger partial charge in [-0.25, -0.2) is 0 Å². The van der Waals surface area contributed by atoms with Crippen LogP contribution in [0.1, 0.15) is 38.5 Å². The van der Waals surface area contributed by atoms with Crippen LogP contribution >= 0.6 is 0 Å². The number of amides is 1. The minimum atomic E-state index is 0.0482. The summed E-state index contributed by atoms with van der Waals surface area (Å²) < 4.78 is 6.28. The van der Waals surface area contributed by atoms with E-state index in [0.717, 1.165) is 45.4 Å². The number of carbonyl (C=O) groups excluding carboxylic acids is 1. The third-order valence-electron chi connectivity index (χ3n) is 6.43. The van der Waals surface area contributed by atoms with Gasteiger partial charge in [-0.15, -0.1) is 0 Å². The Morgan fingerprint density at radius 2 is 1.70 bits per heavy atom. The molecule has 1 spiro atoms. The summed E-state index contributed by atoms with van der Waals surface area (Å²) in [6, 6.07) is 0.683. The van der Waals surface area contributed by atoms with Crippen LogP contribution in [-0.2, 0) is 9.53 Å². The first-order valence-corrected chi connectivity index (χ1v) is 9.51. The van der Waals surface area contributed by atoms with Crippen LogP contribution in [0.5, 0.6) is 0 Å². The topological polar surface area (TPSA) is 36.0 Å². The van der Waals surface area contributed by atoms with Gasteiger partial charge in [-0.1, -0.05) is 0 Å². The second kappa shape index (κ2) is 6.34. The van der Waals surface area contributed by atoms with E-state index in [1.165, 1.54) is 39.0 Å². The number of hydrogen-bond acceptors (Lipinski definition) is 4. The largest absolute Gasteiger partial charge is 0.375 e. The van der Waals surface area contributed by atoms with E-state index in [4.69, 9.17) is 4.74 Å². The van der Waals surface area contributed by atoms with Crippen LogP contribution in [0.4, 0.5) is 0 Å². The smallest absolute Gasteiger partial charge is 0.225 e. The van der Waals surface area contributed by atoms with Crippen LogP contribution in [0.2, 0.25) is 0 Å². The van der Waals surface area contributed by atoms with E-state index < -0.39 is 0 Å². The van der Waals surface area contributed by atoms with Crippen molar-refractivity contribution in [2.24, 2.45) is 5.92 Å². The van der Waals surface area contributed by atoms with Gasteiger partial charge in [0, 0.05) is 57.8 Å². The molecular weight excluding hydrogens is 290 g/mol. The molecule has 4 aliphatic rings. The highest BCUT2D eigenvalue weighted by molar-refractivity contribution is 5.81. The maximum absolute atomic E-state index is 12.2. The monoisotopic (exact) mass is 321 g/mol. The Morgan fingerprint density at radius 3 is 2.35 bits per heavy atom. The summed E-state index contributed by atoms with van der Waals surface area (Å²) in [7, 11) is 2.22. The van der Waals surface area contributed by atoms with Crippen LogP contribution in [-0.4, -0.2) is 85.2 Å². The molecule has 1 unspecified atom stereocenters. The summed E-state index contributed by atoms with van der Waals surface area (Å²) in [5, 5.41) is 0. The van der Waals surface area contributed by atoms with Gasteiger partial charge in [0.2, 0.25) is 5.91 Å². The molecule has 130 valence electrons. The molecule has 5 heteroatoms. The lowest BCUT2D eigenvalue weighted by Gasteiger charge is -2.49. The minimum absolute atomic E-state index is 0.0482. The molecule has 0 aromatic heterocycles. The van der Waals surface area contributed by atoms with Crippen LogP contribution in [0, 0.1) is 5.92 Å². The van der Waals surface area contributed by atoms with Crippen molar-refractivity contribution in [1.82, 2.24) is 14.7 Å². The predicted octanol–water partition coefficient (Wildman–Crippen LogP) is 1.18. The fourth-order valence-corrected chi connectivity index (χ4v) is 4.57. The number of rotatable bonds is 2. The molecule has 1 saturated carbocycles. The quantitative estimate of drug-likeness (QED) is 0.765. The molecule has 5 nitrogen and oxygen atoms in total. The molecule has 4 fully saturated rings. The number of nitrogens with zero attached hydrogens (tertiary/aromatic N) is 3. The van der Waals surface area contributed by atoms with Gasteiger partial charge < -0.3 is 14.5 Å². The molecule has 0 bridgehead atoms. The fourth-order valence-electron chi connectivity index (χ4n) is 4.57. The molecule has 1 aliphatic carbocycles. The summed E-state index contributed by atoms with van der Waals surface area (Å²) in [6.45, 7) is 7.48. The molecule has 0 radical (unpaired) electrons. The second-order valence-corrected chi connectivity index (χ2v) is 8.12. The van der Waals surface area contributed by atoms with Crippen molar-refractivity contribution in [1.29, 1.82) is 0 Å². The first-order chi connectivity index (χ1) is 11.2. The number of carbonyl (C=O) groups is 1. The zero-order valence-corrected chi connectivity index (χ0v) is 14.5. The molecule has 1 amide bonds. The first kappa shape index (κ1) is 15.9. The Morgan fingerprint density at radius 1 is 1.00 bits per heavy atom. The SMILES string of the molecule is CN1CCN(C2CCOC3(CCN(C(=O)C4CC4)CC3)C2)CC1. The molecule has 0 N–H and O–H groups in total. The number of piperidine rings is 1. The Balaban J connectivity index is 1.33. The van der Waals surface area contributed by atoms with E-state index >= 15 is 0 Å². The van der Waals surface area contributed by atoms with Gasteiger partial charge in [0.1, 0.15) is 0 Å². The predicted molar refractivity (Wildman–Crippen MR) is 89.3 cm³/mol. The van der Waals surface area contributed by atoms with Crippen LogP contribution in [0.15, 0.2) is 0 Å². The van der Waals surface area contributed by atoms with Gasteiger partial charge in [0.25, 0.3) is 0 Å². The molecule has 3 heterocycles. The van der Waals surface area contributed by atoms with Crippen molar-refractivity contribution >= 4 is 5.91 Å². The van der Waals surface area contributed by atoms with Crippen LogP contribution in [0.3, 0.4) is 0 Å². The van der Waals surface area contributed by atoms with Crippen molar-refractivity contribution < 1.29 is 9.53 Å². The fraction of sp³-hybridized carbons (Fsp3) is 0.944. The molecule has 3 saturated heterocycles. The average molecular weight is 321 g/mol. The van der Waals surface area contributed by atoms with Crippen LogP contribution in [0.25, 0.3) is 0 Å². The van der Waals surface area contributed by atoms with Gasteiger partial charge in [0.15, 0.2) is 0 Å². The lowest BCUT2D eigenvalue weighted by molar-refractivity contribution is -0.151. The Hall–Kier alpha value is -0.650. The van der Waals surface area contributed by atoms with Crippen molar-refractivity contribution in [3.8, 4) is 0 Å². The van der Waals surface area contributed by atoms with Gasteiger partial charge in [-0.3, -0.25) is 9.69 Å². The zero-order chi connectivity index (χ0) is 15.9. The lowest BCUT2D eigenvalue weighted by atomic mass is 9.81. The van der Waals surface area contributed by atoms with E-state index in [1.54, 1.807) is 0 Å². The highest BCUT2D eigenvalue weighted by atomic mass is 16.5. The van der Waals surface area contributed by atoms with E-state index in [0.29, 0.717) is 17.9 Å². The maximum atomic E-state index is 12.2. The van der Waals surface area contributed by atoms with Gasteiger partial charge in [-0.05, 0) is 45.6 Å². The van der Waals surface area contributed by atoms with E-state index in [1.807, 2.05) is 0 Å². The van der Waals surface area contributed by atoms with Crippen LogP contribution < -0.4 is 0 Å². The highest BCUT2D eigenvalue weighted by Gasteiger charge is 2.44. The summed E-state index contributed by atoms with van der Waals surface area (Å²) in [5.41, 5.74) is 0.0482. The summed E-state index contributed by atoms with van der Waals surface area (Å²) in [5.74, 6) is 0.765. The second-order valence-electron chi connectivity index (χ2n) is 8.12. The molecular formula is C18H31N3O2. The highest BCUT2D eigenvalue weighted by Crippen LogP contribution is 2.39. The number of ether oxygens (including phenoxy) is 1. The molecule has 23 heavy (non-hydrogen) atoms. The van der Waals surface area contributed by atoms with Gasteiger partial charge in [-0.2, -0.15) is 0 Å². The van der Waals surface area contributed by atoms with Crippen molar-refractivity contribution in [3.63, 3.8) is 0 Å². The average Bonchev–Trinajstić information content (AvgIpc) is 3.41. The summed E-state index contributed by atoms with van der Waals surface area (Å²) in [6.07, 6.45) is 6.65. The van der Waals surface area contributed by atoms with E-state index in [9.17, 15) is 4.79 Å². The normalized spacial score (nSPS) is 33.1. The molecule has 0 aromatic rings. The molecule has 4 rings (SSSR count). The minimum Gasteiger partial charge on any atom is -0.375 e. The first-order valence-electron chi connectivity index (χ1n) is 9.51. The summed E-state index contributed by atoms with van der Waals surface area (Å²) in [4.78, 5) is 19.5. The standard InChI is InChI=1S/C18H31N3O2/c1-19-9-11-20(12-10-19)16-4-13-23-18(14-16)5-7-21(8-6-18)17(22)15-2-3-15/h15-16H,2-14H2,1H3. The number of likely N-dealkylation sites (tertiary alicyclic amines) is 1. The Bertz CT molecular complexity index is 436. The lowest BCUT2D eigenvalue weighted by Crippen LogP contribution is -2.57. The third-order valence-corrected chi connectivity index (χ3v) is 6.43. The third kappa shape index (κ3) is 3.42. The van der Waals surface area contributed by atoms with Crippen molar-refractivity contribution in [2.75, 3.05) is 52.9 Å². The van der Waals surface area contributed by atoms with Gasteiger partial charge >= 0.3 is 0 Å². The molecule has 3 aliphatic heterocycles. The molecule has 0 aromatic carbocycles. The maximum Gasteiger partial charge on any atom is 0.225 e. The van der Waals surface area contributed by atoms with E-state index in [2.05, 4.69) is 21.7 Å². The summed E-state index contributed by atoms with van der Waals surface area (Å²) >= 11 is 0.